The van der Waals surface area contributed by atoms with Crippen molar-refractivity contribution in [3.63, 3.8) is 0 Å². The summed E-state index contributed by atoms with van der Waals surface area (Å²) in [5.41, 5.74) is -2.20. The number of nitrogens with one attached hydrogen (secondary N) is 2. The Bertz CT molecular complexity index is 327. The number of aliphatic hydroxyl groups is 1. The lowest BCUT2D eigenvalue weighted by Gasteiger charge is -2.21. The highest BCUT2D eigenvalue weighted by atomic mass is 19.4. The number of carbonyl (C=O) groups is 2. The van der Waals surface area contributed by atoms with Gasteiger partial charge in [0.25, 0.3) is 0 Å². The molecule has 17 heavy (non-hydrogen) atoms. The van der Waals surface area contributed by atoms with E-state index in [-0.39, 0.29) is 12.8 Å². The molecule has 1 atom stereocenters. The van der Waals surface area contributed by atoms with Gasteiger partial charge in [-0.3, -0.25) is 0 Å². The van der Waals surface area contributed by atoms with E-state index < -0.39 is 36.4 Å². The van der Waals surface area contributed by atoms with Gasteiger partial charge < -0.3 is 20.8 Å². The van der Waals surface area contributed by atoms with Gasteiger partial charge in [0.2, 0.25) is 0 Å². The van der Waals surface area contributed by atoms with Crippen LogP contribution in [0.1, 0.15) is 12.8 Å². The van der Waals surface area contributed by atoms with E-state index in [4.69, 9.17) is 10.2 Å². The van der Waals surface area contributed by atoms with E-state index in [1.54, 1.807) is 5.32 Å². The first-order valence-electron chi connectivity index (χ1n) is 4.71. The molecule has 0 spiro atoms. The van der Waals surface area contributed by atoms with Crippen LogP contribution in [0.2, 0.25) is 0 Å². The largest absolute Gasteiger partial charge is 0.479 e. The van der Waals surface area contributed by atoms with Crippen LogP contribution in [0, 0.1) is 0 Å². The zero-order chi connectivity index (χ0) is 13.3. The third-order valence-corrected chi connectivity index (χ3v) is 2.39. The van der Waals surface area contributed by atoms with Crippen LogP contribution in [0.5, 0.6) is 0 Å². The monoisotopic (exact) mass is 256 g/mol. The van der Waals surface area contributed by atoms with Crippen molar-refractivity contribution in [3.8, 4) is 0 Å². The number of carboxylic acids is 1. The van der Waals surface area contributed by atoms with Gasteiger partial charge in [-0.25, -0.2) is 9.59 Å². The van der Waals surface area contributed by atoms with Crippen molar-refractivity contribution in [2.45, 2.75) is 30.7 Å². The van der Waals surface area contributed by atoms with Gasteiger partial charge in [0.1, 0.15) is 5.54 Å². The van der Waals surface area contributed by atoms with Crippen molar-refractivity contribution in [1.29, 1.82) is 0 Å². The number of aliphatic carboxylic acids is 1. The second-order valence-corrected chi connectivity index (χ2v) is 3.77. The van der Waals surface area contributed by atoms with Crippen molar-refractivity contribution in [1.82, 2.24) is 10.6 Å². The van der Waals surface area contributed by atoms with Crippen molar-refractivity contribution < 1.29 is 33.0 Å². The smallest absolute Gasteiger partial charge is 0.411 e. The standard InChI is InChI=1S/C8H11F3N2O4/c9-8(10,11)7(1-2-7)13-6(17)12-3-4(14)5(15)16/h4,14H,1-3H2,(H,15,16)(H2,12,13,17). The molecule has 0 bridgehead atoms. The third-order valence-electron chi connectivity index (χ3n) is 2.39. The van der Waals surface area contributed by atoms with Gasteiger partial charge in [0.15, 0.2) is 6.10 Å². The molecular formula is C8H11F3N2O4. The number of carboxylic acid groups (broad SMARTS) is 1. The van der Waals surface area contributed by atoms with Gasteiger partial charge in [-0.1, -0.05) is 0 Å². The van der Waals surface area contributed by atoms with Crippen LogP contribution in [0.3, 0.4) is 0 Å². The zero-order valence-electron chi connectivity index (χ0n) is 8.54. The number of hydrogen-bond donors (Lipinski definition) is 4. The molecule has 0 aromatic rings. The summed E-state index contributed by atoms with van der Waals surface area (Å²) in [5, 5.41) is 20.6. The highest BCUT2D eigenvalue weighted by molar-refractivity contribution is 5.77. The molecule has 6 nitrogen and oxygen atoms in total. The van der Waals surface area contributed by atoms with E-state index in [9.17, 15) is 22.8 Å². The maximum absolute atomic E-state index is 12.4. The first-order chi connectivity index (χ1) is 7.68. The summed E-state index contributed by atoms with van der Waals surface area (Å²) in [5.74, 6) is -1.57. The molecule has 98 valence electrons. The molecule has 1 rings (SSSR count). The molecule has 1 unspecified atom stereocenters. The molecule has 4 N–H and O–H groups in total. The Balaban J connectivity index is 2.39. The Morgan fingerprint density at radius 2 is 1.88 bits per heavy atom. The molecule has 0 saturated heterocycles. The summed E-state index contributed by atoms with van der Waals surface area (Å²) in [6.07, 6.45) is -6.78. The van der Waals surface area contributed by atoms with E-state index in [0.717, 1.165) is 0 Å². The Labute approximate surface area is 93.8 Å². The first kappa shape index (κ1) is 13.6. The Hall–Kier alpha value is -1.51. The van der Waals surface area contributed by atoms with Crippen molar-refractivity contribution in [2.24, 2.45) is 0 Å². The number of rotatable bonds is 4. The summed E-state index contributed by atoms with van der Waals surface area (Å²) in [6.45, 7) is -0.658. The van der Waals surface area contributed by atoms with Crippen LogP contribution in [0.25, 0.3) is 0 Å². The fraction of sp³-hybridized carbons (Fsp3) is 0.750. The van der Waals surface area contributed by atoms with E-state index >= 15 is 0 Å². The van der Waals surface area contributed by atoms with Crippen molar-refractivity contribution in [3.05, 3.63) is 0 Å². The quantitative estimate of drug-likeness (QED) is 0.561. The van der Waals surface area contributed by atoms with Crippen LogP contribution >= 0.6 is 0 Å². The van der Waals surface area contributed by atoms with Gasteiger partial charge in [-0.05, 0) is 12.8 Å². The summed E-state index contributed by atoms with van der Waals surface area (Å²) >= 11 is 0. The lowest BCUT2D eigenvalue weighted by atomic mass is 10.2. The second-order valence-electron chi connectivity index (χ2n) is 3.77. The maximum atomic E-state index is 12.4. The van der Waals surface area contributed by atoms with Crippen LogP contribution in [-0.2, 0) is 4.79 Å². The van der Waals surface area contributed by atoms with Gasteiger partial charge in [0, 0.05) is 0 Å². The van der Waals surface area contributed by atoms with Crippen LogP contribution in [0.15, 0.2) is 0 Å². The SMILES string of the molecule is O=C(NCC(O)C(=O)O)NC1(C(F)(F)F)CC1. The third kappa shape index (κ3) is 3.22. The predicted octanol–water partition coefficient (Wildman–Crippen LogP) is -0.174. The summed E-state index contributed by atoms with van der Waals surface area (Å²) in [7, 11) is 0. The minimum Gasteiger partial charge on any atom is -0.479 e. The van der Waals surface area contributed by atoms with Gasteiger partial charge in [0.05, 0.1) is 6.54 Å². The zero-order valence-corrected chi connectivity index (χ0v) is 8.54. The number of alkyl halides is 3. The van der Waals surface area contributed by atoms with Gasteiger partial charge in [-0.2, -0.15) is 13.2 Å². The predicted molar refractivity (Wildman–Crippen MR) is 48.2 cm³/mol. The fourth-order valence-electron chi connectivity index (χ4n) is 1.14. The lowest BCUT2D eigenvalue weighted by molar-refractivity contribution is -0.162. The van der Waals surface area contributed by atoms with Crippen molar-refractivity contribution in [2.75, 3.05) is 6.54 Å². The minimum absolute atomic E-state index is 0.203. The number of amides is 2. The first-order valence-corrected chi connectivity index (χ1v) is 4.71. The molecule has 1 saturated carbocycles. The van der Waals surface area contributed by atoms with Crippen LogP contribution in [-0.4, -0.2) is 46.6 Å². The molecular weight excluding hydrogens is 245 g/mol. The molecule has 0 heterocycles. The molecule has 0 aliphatic heterocycles. The number of aliphatic hydroxyl groups excluding tert-OH is 1. The van der Waals surface area contributed by atoms with Crippen LogP contribution < -0.4 is 10.6 Å². The average molecular weight is 256 g/mol. The fourth-order valence-corrected chi connectivity index (χ4v) is 1.14. The lowest BCUT2D eigenvalue weighted by Crippen LogP contribution is -2.52. The number of carbonyl (C=O) groups excluding carboxylic acids is 1. The number of urea groups is 1. The topological polar surface area (TPSA) is 98.7 Å². The summed E-state index contributed by atoms with van der Waals surface area (Å²) in [4.78, 5) is 21.2. The van der Waals surface area contributed by atoms with Gasteiger partial charge in [-0.15, -0.1) is 0 Å². The van der Waals surface area contributed by atoms with E-state index in [1.807, 2.05) is 5.32 Å². The van der Waals surface area contributed by atoms with E-state index in [2.05, 4.69) is 0 Å². The molecule has 0 radical (unpaired) electrons. The second kappa shape index (κ2) is 4.40. The Kier molecular flexibility index (Phi) is 3.51. The maximum Gasteiger partial charge on any atom is 0.411 e. The summed E-state index contributed by atoms with van der Waals surface area (Å²) in [6, 6.07) is -1.15. The highest BCUT2D eigenvalue weighted by Gasteiger charge is 2.64. The molecule has 1 aliphatic rings. The Morgan fingerprint density at radius 3 is 2.24 bits per heavy atom. The molecule has 9 heteroatoms. The molecule has 0 aromatic heterocycles. The van der Waals surface area contributed by atoms with Crippen molar-refractivity contribution >= 4 is 12.0 Å². The highest BCUT2D eigenvalue weighted by Crippen LogP contribution is 2.48. The normalized spacial score (nSPS) is 19.3. The molecule has 0 aromatic carbocycles. The number of halogens is 3. The van der Waals surface area contributed by atoms with E-state index in [0.29, 0.717) is 0 Å². The van der Waals surface area contributed by atoms with Crippen LogP contribution in [0.4, 0.5) is 18.0 Å². The van der Waals surface area contributed by atoms with Gasteiger partial charge >= 0.3 is 18.2 Å². The molecule has 2 amide bonds. The molecule has 1 aliphatic carbocycles. The summed E-state index contributed by atoms with van der Waals surface area (Å²) < 4.78 is 37.2. The van der Waals surface area contributed by atoms with E-state index in [1.165, 1.54) is 0 Å². The Morgan fingerprint density at radius 1 is 1.35 bits per heavy atom. The minimum atomic E-state index is -4.53. The molecule has 1 fully saturated rings. The average Bonchev–Trinajstić information content (AvgIpc) is 2.94. The number of hydrogen-bond acceptors (Lipinski definition) is 3.